The third-order valence-electron chi connectivity index (χ3n) is 1.86. The van der Waals surface area contributed by atoms with Crippen LogP contribution in [-0.4, -0.2) is 22.2 Å². The summed E-state index contributed by atoms with van der Waals surface area (Å²) in [5.41, 5.74) is 0.236. The zero-order chi connectivity index (χ0) is 10.1. The highest BCUT2D eigenvalue weighted by molar-refractivity contribution is 5.86. The van der Waals surface area contributed by atoms with E-state index in [9.17, 15) is 4.79 Å². The molecule has 0 fully saturated rings. The summed E-state index contributed by atoms with van der Waals surface area (Å²) in [5, 5.41) is 7.96. The van der Waals surface area contributed by atoms with E-state index < -0.39 is 0 Å². The van der Waals surface area contributed by atoms with Gasteiger partial charge in [-0.1, -0.05) is 0 Å². The number of aromatic nitrogens is 3. The van der Waals surface area contributed by atoms with Gasteiger partial charge in [0.1, 0.15) is 5.52 Å². The van der Waals surface area contributed by atoms with E-state index in [1.165, 1.54) is 5.01 Å². The van der Waals surface area contributed by atoms with Gasteiger partial charge in [-0.05, 0) is 12.1 Å². The maximum Gasteiger partial charge on any atom is 0.273 e. The van der Waals surface area contributed by atoms with Crippen LogP contribution >= 0.6 is 0 Å². The first-order chi connectivity index (χ1) is 6.70. The van der Waals surface area contributed by atoms with Gasteiger partial charge in [-0.15, -0.1) is 0 Å². The van der Waals surface area contributed by atoms with Gasteiger partial charge in [-0.25, -0.2) is 10.9 Å². The molecule has 2 rings (SSSR count). The number of anilines is 1. The number of H-pyrrole nitrogens is 1. The summed E-state index contributed by atoms with van der Waals surface area (Å²) in [5.74, 6) is 5.98. The van der Waals surface area contributed by atoms with Gasteiger partial charge in [0.15, 0.2) is 5.82 Å². The van der Waals surface area contributed by atoms with Crippen molar-refractivity contribution >= 4 is 16.7 Å². The summed E-state index contributed by atoms with van der Waals surface area (Å²) >= 11 is 0. The molecular formula is C8H9N5O. The monoisotopic (exact) mass is 191 g/mol. The van der Waals surface area contributed by atoms with Crippen molar-refractivity contribution in [1.29, 1.82) is 0 Å². The van der Waals surface area contributed by atoms with E-state index in [2.05, 4.69) is 15.2 Å². The average molecular weight is 191 g/mol. The largest absolute Gasteiger partial charge is 0.295 e. The van der Waals surface area contributed by atoms with E-state index in [-0.39, 0.29) is 5.56 Å². The van der Waals surface area contributed by atoms with Gasteiger partial charge in [0.2, 0.25) is 0 Å². The molecule has 0 aromatic carbocycles. The lowest BCUT2D eigenvalue weighted by Gasteiger charge is -2.11. The van der Waals surface area contributed by atoms with Crippen LogP contribution in [-0.2, 0) is 0 Å². The number of fused-ring (bicyclic) bond motifs is 1. The Balaban J connectivity index is 2.89. The van der Waals surface area contributed by atoms with Crippen LogP contribution in [0.5, 0.6) is 0 Å². The minimum Gasteiger partial charge on any atom is -0.295 e. The van der Waals surface area contributed by atoms with Crippen molar-refractivity contribution in [2.45, 2.75) is 0 Å². The summed E-state index contributed by atoms with van der Waals surface area (Å²) in [6.45, 7) is 0. The zero-order valence-electron chi connectivity index (χ0n) is 7.56. The third kappa shape index (κ3) is 1.21. The predicted octanol–water partition coefficient (Wildman–Crippen LogP) is -0.372. The molecule has 0 bridgehead atoms. The minimum absolute atomic E-state index is 0.265. The van der Waals surface area contributed by atoms with E-state index in [1.54, 1.807) is 25.4 Å². The smallest absolute Gasteiger partial charge is 0.273 e. The van der Waals surface area contributed by atoms with E-state index >= 15 is 0 Å². The number of nitrogens with two attached hydrogens (primary N) is 1. The molecule has 0 unspecified atom stereocenters. The molecule has 0 amide bonds. The number of nitrogens with zero attached hydrogens (tertiary/aromatic N) is 3. The Bertz CT molecular complexity index is 518. The molecule has 6 nitrogen and oxygen atoms in total. The fraction of sp³-hybridized carbons (Fsp3) is 0.125. The summed E-state index contributed by atoms with van der Waals surface area (Å²) in [4.78, 5) is 15.4. The van der Waals surface area contributed by atoms with Crippen molar-refractivity contribution in [3.05, 3.63) is 28.7 Å². The van der Waals surface area contributed by atoms with Gasteiger partial charge in [0.25, 0.3) is 5.56 Å². The highest BCUT2D eigenvalue weighted by Crippen LogP contribution is 2.14. The van der Waals surface area contributed by atoms with E-state index in [0.29, 0.717) is 16.7 Å². The molecule has 3 N–H and O–H groups in total. The lowest BCUT2D eigenvalue weighted by atomic mass is 10.3. The summed E-state index contributed by atoms with van der Waals surface area (Å²) in [6, 6.07) is 3.37. The molecule has 0 aliphatic heterocycles. The molecule has 0 aliphatic rings. The van der Waals surface area contributed by atoms with Crippen LogP contribution in [0.2, 0.25) is 0 Å². The number of aromatic amines is 1. The molecule has 72 valence electrons. The molecule has 0 saturated heterocycles. The number of rotatable bonds is 1. The first kappa shape index (κ1) is 8.64. The second-order valence-corrected chi connectivity index (χ2v) is 2.89. The molecule has 0 atom stereocenters. The van der Waals surface area contributed by atoms with Crippen LogP contribution in [0.25, 0.3) is 10.9 Å². The molecule has 6 heteroatoms. The van der Waals surface area contributed by atoms with Crippen LogP contribution in [0.1, 0.15) is 0 Å². The first-order valence-electron chi connectivity index (χ1n) is 4.02. The molecule has 0 saturated carbocycles. The Morgan fingerprint density at radius 2 is 2.36 bits per heavy atom. The fourth-order valence-electron chi connectivity index (χ4n) is 1.23. The SMILES string of the molecule is CN(N)c1n[nH]c(=O)c2cccnc12. The Kier molecular flexibility index (Phi) is 1.90. The van der Waals surface area contributed by atoms with Gasteiger partial charge in [-0.2, -0.15) is 5.10 Å². The zero-order valence-corrected chi connectivity index (χ0v) is 7.56. The molecule has 0 radical (unpaired) electrons. The quantitative estimate of drug-likeness (QED) is 0.474. The highest BCUT2D eigenvalue weighted by Gasteiger charge is 2.08. The number of nitrogens with one attached hydrogen (secondary N) is 1. The van der Waals surface area contributed by atoms with Crippen LogP contribution < -0.4 is 16.4 Å². The molecule has 0 spiro atoms. The number of hydrogen-bond acceptors (Lipinski definition) is 5. The van der Waals surface area contributed by atoms with Crippen LogP contribution in [0.3, 0.4) is 0 Å². The van der Waals surface area contributed by atoms with Gasteiger partial charge >= 0.3 is 0 Å². The maximum atomic E-state index is 11.3. The van der Waals surface area contributed by atoms with E-state index in [4.69, 9.17) is 5.84 Å². The number of hydrazine groups is 1. The van der Waals surface area contributed by atoms with Gasteiger partial charge < -0.3 is 0 Å². The molecule has 14 heavy (non-hydrogen) atoms. The van der Waals surface area contributed by atoms with Gasteiger partial charge in [-0.3, -0.25) is 14.8 Å². The Morgan fingerprint density at radius 1 is 1.57 bits per heavy atom. The van der Waals surface area contributed by atoms with Crippen LogP contribution in [0.15, 0.2) is 23.1 Å². The second-order valence-electron chi connectivity index (χ2n) is 2.89. The number of hydrogen-bond donors (Lipinski definition) is 2. The fourth-order valence-corrected chi connectivity index (χ4v) is 1.23. The van der Waals surface area contributed by atoms with Crippen molar-refractivity contribution in [2.24, 2.45) is 5.84 Å². The van der Waals surface area contributed by atoms with Crippen molar-refractivity contribution in [3.63, 3.8) is 0 Å². The topological polar surface area (TPSA) is 87.9 Å². The summed E-state index contributed by atoms with van der Waals surface area (Å²) in [6.07, 6.45) is 1.59. The van der Waals surface area contributed by atoms with Crippen molar-refractivity contribution in [1.82, 2.24) is 15.2 Å². The third-order valence-corrected chi connectivity index (χ3v) is 1.86. The standard InChI is InChI=1S/C8H9N5O/c1-13(9)7-6-5(3-2-4-10-6)8(14)12-11-7/h2-4H,9H2,1H3,(H,12,14). The average Bonchev–Trinajstić information content (AvgIpc) is 2.18. The van der Waals surface area contributed by atoms with Gasteiger partial charge in [0, 0.05) is 13.2 Å². The number of pyridine rings is 1. The molecule has 2 aromatic heterocycles. The highest BCUT2D eigenvalue weighted by atomic mass is 16.1. The Morgan fingerprint density at radius 3 is 3.07 bits per heavy atom. The van der Waals surface area contributed by atoms with Crippen molar-refractivity contribution in [2.75, 3.05) is 12.1 Å². The maximum absolute atomic E-state index is 11.3. The van der Waals surface area contributed by atoms with Crippen LogP contribution in [0.4, 0.5) is 5.82 Å². The summed E-state index contributed by atoms with van der Waals surface area (Å²) in [7, 11) is 1.63. The molecule has 2 heterocycles. The normalized spacial score (nSPS) is 10.4. The van der Waals surface area contributed by atoms with E-state index in [1.807, 2.05) is 0 Å². The van der Waals surface area contributed by atoms with Crippen molar-refractivity contribution < 1.29 is 0 Å². The minimum atomic E-state index is -0.265. The molecule has 2 aromatic rings. The molecule has 0 aliphatic carbocycles. The van der Waals surface area contributed by atoms with Gasteiger partial charge in [0.05, 0.1) is 5.39 Å². The lowest BCUT2D eigenvalue weighted by molar-refractivity contribution is 0.913. The van der Waals surface area contributed by atoms with Crippen molar-refractivity contribution in [3.8, 4) is 0 Å². The lowest BCUT2D eigenvalue weighted by Crippen LogP contribution is -2.28. The first-order valence-corrected chi connectivity index (χ1v) is 4.02. The molecular weight excluding hydrogens is 182 g/mol. The van der Waals surface area contributed by atoms with E-state index in [0.717, 1.165) is 0 Å². The summed E-state index contributed by atoms with van der Waals surface area (Å²) < 4.78 is 0. The predicted molar refractivity (Wildman–Crippen MR) is 52.7 cm³/mol. The Hall–Kier alpha value is -1.95. The second kappa shape index (κ2) is 3.08. The Labute approximate surface area is 79.3 Å². The van der Waals surface area contributed by atoms with Crippen LogP contribution in [0, 0.1) is 0 Å².